The smallest absolute Gasteiger partial charge is 0.261 e. The number of nitrogens with one attached hydrogen (secondary N) is 2. The molecule has 2 amide bonds. The normalized spacial score (nSPS) is 20.7. The lowest BCUT2D eigenvalue weighted by Crippen LogP contribution is -2.61. The van der Waals surface area contributed by atoms with Gasteiger partial charge >= 0.3 is 0 Å². The highest BCUT2D eigenvalue weighted by atomic mass is 16.5. The van der Waals surface area contributed by atoms with Gasteiger partial charge in [-0.3, -0.25) is 14.4 Å². The van der Waals surface area contributed by atoms with Crippen LogP contribution in [0.3, 0.4) is 0 Å². The van der Waals surface area contributed by atoms with E-state index in [9.17, 15) is 14.4 Å². The number of aromatic amines is 1. The number of benzene rings is 1. The summed E-state index contributed by atoms with van der Waals surface area (Å²) < 4.78 is 5.30. The molecule has 4 rings (SSSR count). The van der Waals surface area contributed by atoms with Crippen molar-refractivity contribution in [1.82, 2.24) is 20.1 Å². The summed E-state index contributed by atoms with van der Waals surface area (Å²) in [5.41, 5.74) is 0.311. The van der Waals surface area contributed by atoms with Gasteiger partial charge in [-0.05, 0) is 17.5 Å². The lowest BCUT2D eigenvalue weighted by Gasteiger charge is -2.39. The van der Waals surface area contributed by atoms with Crippen molar-refractivity contribution >= 4 is 22.7 Å². The highest BCUT2D eigenvalue weighted by Crippen LogP contribution is 2.15. The molecule has 0 saturated carbocycles. The van der Waals surface area contributed by atoms with E-state index in [0.29, 0.717) is 51.5 Å². The fraction of sp³-hybridized carbons (Fsp3) is 0.421. The summed E-state index contributed by atoms with van der Waals surface area (Å²) in [5.74, 6) is -0.508. The number of amides is 2. The Hall–Kier alpha value is -2.71. The predicted octanol–water partition coefficient (Wildman–Crippen LogP) is -0.199. The molecule has 8 nitrogen and oxygen atoms in total. The monoisotopic (exact) mass is 370 g/mol. The maximum absolute atomic E-state index is 13.1. The Labute approximate surface area is 156 Å². The number of carbonyl (C=O) groups is 2. The van der Waals surface area contributed by atoms with Crippen LogP contribution in [0.5, 0.6) is 0 Å². The molecule has 27 heavy (non-hydrogen) atoms. The molecule has 3 heterocycles. The van der Waals surface area contributed by atoms with Gasteiger partial charge in [0.05, 0.1) is 13.2 Å². The van der Waals surface area contributed by atoms with Crippen molar-refractivity contribution in [3.8, 4) is 0 Å². The summed E-state index contributed by atoms with van der Waals surface area (Å²) >= 11 is 0. The van der Waals surface area contributed by atoms with E-state index in [1.807, 2.05) is 18.2 Å². The van der Waals surface area contributed by atoms with E-state index in [0.717, 1.165) is 5.39 Å². The number of nitrogens with zero attached hydrogens (tertiary/aromatic N) is 2. The second-order valence-corrected chi connectivity index (χ2v) is 6.76. The molecular formula is C19H22N4O4. The first-order chi connectivity index (χ1) is 13.1. The van der Waals surface area contributed by atoms with Crippen LogP contribution in [0.2, 0.25) is 0 Å². The molecule has 2 saturated heterocycles. The van der Waals surface area contributed by atoms with Gasteiger partial charge in [-0.25, -0.2) is 0 Å². The van der Waals surface area contributed by atoms with Crippen LogP contribution < -0.4 is 10.9 Å². The molecule has 0 unspecified atom stereocenters. The summed E-state index contributed by atoms with van der Waals surface area (Å²) in [6.45, 7) is 3.40. The molecule has 2 fully saturated rings. The van der Waals surface area contributed by atoms with Gasteiger partial charge in [0.25, 0.3) is 11.5 Å². The molecule has 2 aliphatic rings. The molecule has 2 aromatic rings. The van der Waals surface area contributed by atoms with Crippen LogP contribution in [0.15, 0.2) is 35.1 Å². The fourth-order valence-electron chi connectivity index (χ4n) is 3.62. The van der Waals surface area contributed by atoms with Gasteiger partial charge in [-0.15, -0.1) is 0 Å². The van der Waals surface area contributed by atoms with Gasteiger partial charge in [0, 0.05) is 38.2 Å². The van der Waals surface area contributed by atoms with Crippen LogP contribution in [0.1, 0.15) is 10.4 Å². The van der Waals surface area contributed by atoms with E-state index in [1.54, 1.807) is 17.0 Å². The Balaban J connectivity index is 1.63. The van der Waals surface area contributed by atoms with Crippen LogP contribution >= 0.6 is 0 Å². The quantitative estimate of drug-likeness (QED) is 0.764. The summed E-state index contributed by atoms with van der Waals surface area (Å²) in [6, 6.07) is 8.30. The Morgan fingerprint density at radius 3 is 2.70 bits per heavy atom. The Kier molecular flexibility index (Phi) is 4.91. The van der Waals surface area contributed by atoms with Gasteiger partial charge in [0.1, 0.15) is 11.6 Å². The summed E-state index contributed by atoms with van der Waals surface area (Å²) in [7, 11) is 0. The molecule has 0 radical (unpaired) electrons. The van der Waals surface area contributed by atoms with Crippen molar-refractivity contribution in [3.63, 3.8) is 0 Å². The standard InChI is InChI=1S/C19H22N4O4/c24-17-14(11-13-3-1-2-4-15(13)21-17)18(25)23-6-5-20-12-16(23)19(26)22-7-9-27-10-8-22/h1-4,11,16,20H,5-10,12H2,(H,21,24)/t16-/m1/s1. The SMILES string of the molecule is O=C([C@H]1CNCCN1C(=O)c1cc2ccccc2[nH]c1=O)N1CCOCC1. The Morgan fingerprint density at radius 2 is 1.89 bits per heavy atom. The lowest BCUT2D eigenvalue weighted by atomic mass is 10.1. The van der Waals surface area contributed by atoms with E-state index < -0.39 is 17.5 Å². The van der Waals surface area contributed by atoms with Crippen molar-refractivity contribution < 1.29 is 14.3 Å². The molecule has 8 heteroatoms. The molecule has 1 aromatic heterocycles. The van der Waals surface area contributed by atoms with Crippen molar-refractivity contribution in [3.05, 3.63) is 46.2 Å². The Morgan fingerprint density at radius 1 is 1.11 bits per heavy atom. The Bertz CT molecular complexity index is 919. The average molecular weight is 370 g/mol. The number of rotatable bonds is 2. The zero-order valence-electron chi connectivity index (χ0n) is 14.9. The molecule has 2 N–H and O–H groups in total. The van der Waals surface area contributed by atoms with Crippen molar-refractivity contribution in [2.45, 2.75) is 6.04 Å². The maximum Gasteiger partial charge on any atom is 0.261 e. The molecule has 142 valence electrons. The zero-order valence-corrected chi connectivity index (χ0v) is 14.9. The van der Waals surface area contributed by atoms with Crippen LogP contribution in [-0.4, -0.2) is 78.6 Å². The van der Waals surface area contributed by atoms with E-state index >= 15 is 0 Å². The summed E-state index contributed by atoms with van der Waals surface area (Å²) in [4.78, 5) is 44.6. The maximum atomic E-state index is 13.1. The minimum Gasteiger partial charge on any atom is -0.378 e. The van der Waals surface area contributed by atoms with Crippen LogP contribution in [0.4, 0.5) is 0 Å². The van der Waals surface area contributed by atoms with Gasteiger partial charge in [0.15, 0.2) is 0 Å². The highest BCUT2D eigenvalue weighted by molar-refractivity contribution is 5.99. The summed E-state index contributed by atoms with van der Waals surface area (Å²) in [5, 5.41) is 3.96. The van der Waals surface area contributed by atoms with E-state index in [-0.39, 0.29) is 11.5 Å². The number of pyridine rings is 1. The number of para-hydroxylation sites is 1. The number of piperazine rings is 1. The third-order valence-electron chi connectivity index (χ3n) is 5.10. The number of ether oxygens (including phenoxy) is 1. The number of carbonyl (C=O) groups excluding carboxylic acids is 2. The zero-order chi connectivity index (χ0) is 18.8. The van der Waals surface area contributed by atoms with Gasteiger partial charge in [0.2, 0.25) is 5.91 Å². The predicted molar refractivity (Wildman–Crippen MR) is 99.7 cm³/mol. The van der Waals surface area contributed by atoms with E-state index in [1.165, 1.54) is 4.90 Å². The third-order valence-corrected chi connectivity index (χ3v) is 5.10. The topological polar surface area (TPSA) is 94.7 Å². The molecule has 0 aliphatic carbocycles. The number of aromatic nitrogens is 1. The number of morpholine rings is 1. The third kappa shape index (κ3) is 3.45. The number of fused-ring (bicyclic) bond motifs is 1. The second kappa shape index (κ2) is 7.50. The minimum absolute atomic E-state index is 0.0652. The molecular weight excluding hydrogens is 348 g/mol. The van der Waals surface area contributed by atoms with Crippen molar-refractivity contribution in [2.75, 3.05) is 45.9 Å². The molecule has 0 spiro atoms. The van der Waals surface area contributed by atoms with Crippen LogP contribution in [0, 0.1) is 0 Å². The van der Waals surface area contributed by atoms with E-state index in [4.69, 9.17) is 4.74 Å². The minimum atomic E-state index is -0.616. The number of hydrogen-bond donors (Lipinski definition) is 2. The molecule has 1 atom stereocenters. The first kappa shape index (κ1) is 17.7. The van der Waals surface area contributed by atoms with Crippen LogP contribution in [-0.2, 0) is 9.53 Å². The van der Waals surface area contributed by atoms with Gasteiger partial charge in [-0.2, -0.15) is 0 Å². The number of H-pyrrole nitrogens is 1. The summed E-state index contributed by atoms with van der Waals surface area (Å²) in [6.07, 6.45) is 0. The average Bonchev–Trinajstić information content (AvgIpc) is 2.73. The fourth-order valence-corrected chi connectivity index (χ4v) is 3.62. The number of hydrogen-bond acceptors (Lipinski definition) is 5. The molecule has 1 aromatic carbocycles. The van der Waals surface area contributed by atoms with Gasteiger partial charge < -0.3 is 24.8 Å². The first-order valence-corrected chi connectivity index (χ1v) is 9.15. The molecule has 0 bridgehead atoms. The van der Waals surface area contributed by atoms with Crippen molar-refractivity contribution in [2.24, 2.45) is 0 Å². The second-order valence-electron chi connectivity index (χ2n) is 6.76. The van der Waals surface area contributed by atoms with Crippen molar-refractivity contribution in [1.29, 1.82) is 0 Å². The van der Waals surface area contributed by atoms with Gasteiger partial charge in [-0.1, -0.05) is 18.2 Å². The molecule has 2 aliphatic heterocycles. The van der Waals surface area contributed by atoms with Crippen LogP contribution in [0.25, 0.3) is 10.9 Å². The lowest BCUT2D eigenvalue weighted by molar-refractivity contribution is -0.140. The largest absolute Gasteiger partial charge is 0.378 e. The highest BCUT2D eigenvalue weighted by Gasteiger charge is 2.36. The first-order valence-electron chi connectivity index (χ1n) is 9.15. The van der Waals surface area contributed by atoms with E-state index in [2.05, 4.69) is 10.3 Å².